The van der Waals surface area contributed by atoms with Gasteiger partial charge in [0.2, 0.25) is 5.88 Å². The lowest BCUT2D eigenvalue weighted by Crippen LogP contribution is -2.45. The zero-order valence-corrected chi connectivity index (χ0v) is 15.6. The average Bonchev–Trinajstić information content (AvgIpc) is 3.09. The number of pyridine rings is 1. The van der Waals surface area contributed by atoms with Crippen LogP contribution >= 0.6 is 11.8 Å². The fraction of sp³-hybridized carbons (Fsp3) is 0.684. The number of nitrogens with zero attached hydrogens (tertiary/aromatic N) is 2. The van der Waals surface area contributed by atoms with Gasteiger partial charge in [0.1, 0.15) is 6.10 Å². The van der Waals surface area contributed by atoms with E-state index in [1.54, 1.807) is 6.20 Å². The number of rotatable bonds is 5. The predicted molar refractivity (Wildman–Crippen MR) is 98.8 cm³/mol. The molecule has 2 heterocycles. The molecule has 1 unspecified atom stereocenters. The van der Waals surface area contributed by atoms with E-state index in [-0.39, 0.29) is 18.1 Å². The molecule has 1 aromatic rings. The van der Waals surface area contributed by atoms with Crippen LogP contribution in [-0.2, 0) is 0 Å². The van der Waals surface area contributed by atoms with Gasteiger partial charge in [-0.2, -0.15) is 11.8 Å². The quantitative estimate of drug-likeness (QED) is 0.802. The van der Waals surface area contributed by atoms with E-state index in [2.05, 4.69) is 23.7 Å². The highest BCUT2D eigenvalue weighted by Gasteiger charge is 2.28. The lowest BCUT2D eigenvalue weighted by Gasteiger charge is -2.37. The summed E-state index contributed by atoms with van der Waals surface area (Å²) >= 11 is 1.91. The van der Waals surface area contributed by atoms with Crippen molar-refractivity contribution in [3.05, 3.63) is 23.9 Å². The smallest absolute Gasteiger partial charge is 0.254 e. The van der Waals surface area contributed by atoms with Gasteiger partial charge in [-0.05, 0) is 44.9 Å². The molecule has 1 amide bonds. The zero-order valence-electron chi connectivity index (χ0n) is 14.7. The number of aromatic nitrogens is 1. The fourth-order valence-corrected chi connectivity index (χ4v) is 4.81. The Balaban J connectivity index is 1.74. The van der Waals surface area contributed by atoms with Gasteiger partial charge in [-0.1, -0.05) is 19.3 Å². The monoisotopic (exact) mass is 348 g/mol. The number of ether oxygens (including phenoxy) is 1. The Hall–Kier alpha value is -1.23. The lowest BCUT2D eigenvalue weighted by molar-refractivity contribution is 0.0554. The van der Waals surface area contributed by atoms with Crippen molar-refractivity contribution < 1.29 is 9.53 Å². The van der Waals surface area contributed by atoms with Crippen LogP contribution in [0.2, 0.25) is 0 Å². The van der Waals surface area contributed by atoms with E-state index in [0.717, 1.165) is 30.8 Å². The predicted octanol–water partition coefficient (Wildman–Crippen LogP) is 4.15. The SMILES string of the molecule is CC(C)N(C(=O)c1ccnc(OC2CCSC2)c1)C1CCCCC1. The molecule has 132 valence electrons. The molecule has 2 aliphatic rings. The van der Waals surface area contributed by atoms with Gasteiger partial charge in [0.15, 0.2) is 0 Å². The fourth-order valence-electron chi connectivity index (χ4n) is 3.71. The van der Waals surface area contributed by atoms with Crippen molar-refractivity contribution in [2.45, 2.75) is 70.6 Å². The molecule has 1 aliphatic carbocycles. The third kappa shape index (κ3) is 4.24. The van der Waals surface area contributed by atoms with E-state index in [4.69, 9.17) is 4.74 Å². The first-order chi connectivity index (χ1) is 11.6. The van der Waals surface area contributed by atoms with Gasteiger partial charge in [-0.15, -0.1) is 0 Å². The molecule has 0 radical (unpaired) electrons. The third-order valence-electron chi connectivity index (χ3n) is 4.92. The molecule has 1 saturated heterocycles. The summed E-state index contributed by atoms with van der Waals surface area (Å²) in [5.74, 6) is 2.86. The minimum absolute atomic E-state index is 0.116. The number of hydrogen-bond donors (Lipinski definition) is 0. The molecule has 1 saturated carbocycles. The molecular formula is C19H28N2O2S. The maximum atomic E-state index is 13.1. The molecule has 0 N–H and O–H groups in total. The van der Waals surface area contributed by atoms with Crippen LogP contribution in [0.4, 0.5) is 0 Å². The van der Waals surface area contributed by atoms with Crippen molar-refractivity contribution in [2.24, 2.45) is 0 Å². The van der Waals surface area contributed by atoms with Crippen LogP contribution in [0.15, 0.2) is 18.3 Å². The normalized spacial score (nSPS) is 21.9. The van der Waals surface area contributed by atoms with Crippen LogP contribution in [-0.4, -0.2) is 45.5 Å². The van der Waals surface area contributed by atoms with Crippen LogP contribution in [0, 0.1) is 0 Å². The molecule has 1 atom stereocenters. The second kappa shape index (κ2) is 8.24. The van der Waals surface area contributed by atoms with Crippen molar-refractivity contribution >= 4 is 17.7 Å². The van der Waals surface area contributed by atoms with Gasteiger partial charge in [0.25, 0.3) is 5.91 Å². The molecular weight excluding hydrogens is 320 g/mol. The van der Waals surface area contributed by atoms with Gasteiger partial charge in [0, 0.05) is 35.7 Å². The van der Waals surface area contributed by atoms with Gasteiger partial charge >= 0.3 is 0 Å². The molecule has 1 aromatic heterocycles. The standard InChI is InChI=1S/C19H28N2O2S/c1-14(2)21(16-6-4-3-5-7-16)19(22)15-8-10-20-18(12-15)23-17-9-11-24-13-17/h8,10,12,14,16-17H,3-7,9,11,13H2,1-2H3. The molecule has 0 bridgehead atoms. The minimum atomic E-state index is 0.116. The second-order valence-corrected chi connectivity index (χ2v) is 8.23. The van der Waals surface area contributed by atoms with E-state index in [0.29, 0.717) is 17.5 Å². The Bertz CT molecular complexity index is 552. The van der Waals surface area contributed by atoms with Crippen LogP contribution in [0.5, 0.6) is 5.88 Å². The van der Waals surface area contributed by atoms with Crippen LogP contribution in [0.3, 0.4) is 0 Å². The van der Waals surface area contributed by atoms with E-state index in [1.165, 1.54) is 19.3 Å². The van der Waals surface area contributed by atoms with Gasteiger partial charge in [0.05, 0.1) is 0 Å². The highest BCUT2D eigenvalue weighted by atomic mass is 32.2. The maximum Gasteiger partial charge on any atom is 0.254 e. The molecule has 2 fully saturated rings. The van der Waals surface area contributed by atoms with Crippen LogP contribution in [0.1, 0.15) is 62.7 Å². The van der Waals surface area contributed by atoms with E-state index >= 15 is 0 Å². The summed E-state index contributed by atoms with van der Waals surface area (Å²) in [7, 11) is 0. The highest BCUT2D eigenvalue weighted by molar-refractivity contribution is 7.99. The molecule has 3 rings (SSSR count). The van der Waals surface area contributed by atoms with Crippen molar-refractivity contribution in [3.63, 3.8) is 0 Å². The molecule has 24 heavy (non-hydrogen) atoms. The minimum Gasteiger partial charge on any atom is -0.473 e. The van der Waals surface area contributed by atoms with Crippen molar-refractivity contribution in [3.8, 4) is 5.88 Å². The topological polar surface area (TPSA) is 42.4 Å². The Labute approximate surface area is 149 Å². The molecule has 5 heteroatoms. The van der Waals surface area contributed by atoms with Gasteiger partial charge in [-0.3, -0.25) is 4.79 Å². The first-order valence-corrected chi connectivity index (χ1v) is 10.3. The summed E-state index contributed by atoms with van der Waals surface area (Å²) in [6.45, 7) is 4.22. The summed E-state index contributed by atoms with van der Waals surface area (Å²) in [5, 5.41) is 0. The van der Waals surface area contributed by atoms with E-state index < -0.39 is 0 Å². The molecule has 0 aromatic carbocycles. The maximum absolute atomic E-state index is 13.1. The summed E-state index contributed by atoms with van der Waals surface area (Å²) in [4.78, 5) is 19.5. The zero-order chi connectivity index (χ0) is 16.9. The van der Waals surface area contributed by atoms with Crippen molar-refractivity contribution in [2.75, 3.05) is 11.5 Å². The number of hydrogen-bond acceptors (Lipinski definition) is 4. The average molecular weight is 349 g/mol. The number of thioether (sulfide) groups is 1. The summed E-state index contributed by atoms with van der Waals surface area (Å²) < 4.78 is 5.95. The van der Waals surface area contributed by atoms with E-state index in [9.17, 15) is 4.79 Å². The first kappa shape index (κ1) is 17.6. The Morgan fingerprint density at radius 3 is 2.75 bits per heavy atom. The lowest BCUT2D eigenvalue weighted by atomic mass is 9.93. The second-order valence-electron chi connectivity index (χ2n) is 7.08. The van der Waals surface area contributed by atoms with Crippen molar-refractivity contribution in [1.29, 1.82) is 0 Å². The van der Waals surface area contributed by atoms with Crippen LogP contribution in [0.25, 0.3) is 0 Å². The third-order valence-corrected chi connectivity index (χ3v) is 6.05. The number of amides is 1. The Kier molecular flexibility index (Phi) is 6.04. The van der Waals surface area contributed by atoms with Crippen LogP contribution < -0.4 is 4.74 Å². The number of carbonyl (C=O) groups is 1. The van der Waals surface area contributed by atoms with E-state index in [1.807, 2.05) is 23.9 Å². The first-order valence-electron chi connectivity index (χ1n) is 9.18. The Morgan fingerprint density at radius 1 is 1.29 bits per heavy atom. The largest absolute Gasteiger partial charge is 0.473 e. The van der Waals surface area contributed by atoms with Gasteiger partial charge in [-0.25, -0.2) is 4.98 Å². The molecule has 1 aliphatic heterocycles. The Morgan fingerprint density at radius 2 is 2.08 bits per heavy atom. The van der Waals surface area contributed by atoms with Gasteiger partial charge < -0.3 is 9.64 Å². The summed E-state index contributed by atoms with van der Waals surface area (Å²) in [6.07, 6.45) is 8.98. The number of carbonyl (C=O) groups excluding carboxylic acids is 1. The molecule has 4 nitrogen and oxygen atoms in total. The summed E-state index contributed by atoms with van der Waals surface area (Å²) in [6, 6.07) is 4.22. The van der Waals surface area contributed by atoms with Crippen molar-refractivity contribution in [1.82, 2.24) is 9.88 Å². The molecule has 0 spiro atoms. The summed E-state index contributed by atoms with van der Waals surface area (Å²) in [5.41, 5.74) is 0.699. The highest BCUT2D eigenvalue weighted by Crippen LogP contribution is 2.27.